The van der Waals surface area contributed by atoms with Crippen molar-refractivity contribution in [3.63, 3.8) is 0 Å². The molecule has 2 aromatic rings. The van der Waals surface area contributed by atoms with Gasteiger partial charge in [-0.2, -0.15) is 0 Å². The molecule has 0 bridgehead atoms. The second-order valence-electron chi connectivity index (χ2n) is 6.67. The molecule has 1 aliphatic heterocycles. The Morgan fingerprint density at radius 1 is 1.21 bits per heavy atom. The van der Waals surface area contributed by atoms with Gasteiger partial charge in [0.15, 0.2) is 6.61 Å². The smallest absolute Gasteiger partial charge is 0.260 e. The average molecular weight is 383 g/mol. The third-order valence-corrected chi connectivity index (χ3v) is 4.71. The molecule has 1 aliphatic rings. The molecule has 2 N–H and O–H groups in total. The molecule has 1 heterocycles. The maximum absolute atomic E-state index is 12.5. The summed E-state index contributed by atoms with van der Waals surface area (Å²) in [5.41, 5.74) is 6.66. The largest absolute Gasteiger partial charge is 0.485 e. The second kappa shape index (κ2) is 8.65. The first-order valence-electron chi connectivity index (χ1n) is 9.25. The van der Waals surface area contributed by atoms with E-state index in [9.17, 15) is 9.59 Å². The number of nitrogens with two attached hydrogens (primary N) is 1. The number of carbonyl (C=O) groups excluding carboxylic acids is 2. The van der Waals surface area contributed by atoms with E-state index in [1.54, 1.807) is 36.2 Å². The molecule has 0 radical (unpaired) electrons. The Labute approximate surface area is 164 Å². The highest BCUT2D eigenvalue weighted by Crippen LogP contribution is 2.32. The minimum Gasteiger partial charge on any atom is -0.485 e. The SMILES string of the molecule is CCN1C[C@@H](CN(C)C(=O)COc2ccccc2C(N)=O)Oc2ccccc21. The maximum Gasteiger partial charge on any atom is 0.260 e. The lowest BCUT2D eigenvalue weighted by atomic mass is 10.2. The predicted octanol–water partition coefficient (Wildman–Crippen LogP) is 1.91. The zero-order valence-electron chi connectivity index (χ0n) is 16.1. The number of nitrogens with zero attached hydrogens (tertiary/aromatic N) is 2. The van der Waals surface area contributed by atoms with Crippen molar-refractivity contribution in [2.24, 2.45) is 5.73 Å². The van der Waals surface area contributed by atoms with Gasteiger partial charge in [-0.05, 0) is 31.2 Å². The molecule has 28 heavy (non-hydrogen) atoms. The highest BCUT2D eigenvalue weighted by Gasteiger charge is 2.26. The molecule has 0 saturated heterocycles. The van der Waals surface area contributed by atoms with Gasteiger partial charge >= 0.3 is 0 Å². The zero-order chi connectivity index (χ0) is 20.1. The summed E-state index contributed by atoms with van der Waals surface area (Å²) in [6.45, 7) is 3.92. The number of rotatable bonds is 7. The molecule has 7 nitrogen and oxygen atoms in total. The normalized spacial score (nSPS) is 15.4. The van der Waals surface area contributed by atoms with Crippen LogP contribution in [0, 0.1) is 0 Å². The van der Waals surface area contributed by atoms with Crippen molar-refractivity contribution >= 4 is 17.5 Å². The molecule has 0 unspecified atom stereocenters. The van der Waals surface area contributed by atoms with Gasteiger partial charge in [0.05, 0.1) is 24.3 Å². The highest BCUT2D eigenvalue weighted by molar-refractivity contribution is 5.95. The van der Waals surface area contributed by atoms with Crippen LogP contribution < -0.4 is 20.1 Å². The van der Waals surface area contributed by atoms with Crippen molar-refractivity contribution in [2.45, 2.75) is 13.0 Å². The van der Waals surface area contributed by atoms with E-state index in [1.165, 1.54) is 0 Å². The Balaban J connectivity index is 1.59. The van der Waals surface area contributed by atoms with E-state index in [2.05, 4.69) is 11.8 Å². The summed E-state index contributed by atoms with van der Waals surface area (Å²) in [6.07, 6.45) is -0.137. The van der Waals surface area contributed by atoms with Gasteiger partial charge in [0.1, 0.15) is 17.6 Å². The first-order chi connectivity index (χ1) is 13.5. The number of fused-ring (bicyclic) bond motifs is 1. The Hall–Kier alpha value is -3.22. The van der Waals surface area contributed by atoms with Crippen LogP contribution in [0.1, 0.15) is 17.3 Å². The number of primary amides is 1. The maximum atomic E-state index is 12.5. The van der Waals surface area contributed by atoms with Crippen molar-refractivity contribution in [3.05, 3.63) is 54.1 Å². The lowest BCUT2D eigenvalue weighted by molar-refractivity contribution is -0.133. The number of anilines is 1. The fraction of sp³-hybridized carbons (Fsp3) is 0.333. The predicted molar refractivity (Wildman–Crippen MR) is 107 cm³/mol. The monoisotopic (exact) mass is 383 g/mol. The van der Waals surface area contributed by atoms with Crippen LogP contribution >= 0.6 is 0 Å². The minimum absolute atomic E-state index is 0.137. The first kappa shape index (κ1) is 19.5. The summed E-state index contributed by atoms with van der Waals surface area (Å²) in [4.78, 5) is 27.8. The zero-order valence-corrected chi connectivity index (χ0v) is 16.1. The van der Waals surface area contributed by atoms with Crippen LogP contribution in [0.15, 0.2) is 48.5 Å². The summed E-state index contributed by atoms with van der Waals surface area (Å²) < 4.78 is 11.6. The van der Waals surface area contributed by atoms with Gasteiger partial charge in [0.2, 0.25) is 0 Å². The van der Waals surface area contributed by atoms with Gasteiger partial charge in [-0.1, -0.05) is 24.3 Å². The van der Waals surface area contributed by atoms with Gasteiger partial charge in [0.25, 0.3) is 11.8 Å². The van der Waals surface area contributed by atoms with E-state index < -0.39 is 5.91 Å². The summed E-state index contributed by atoms with van der Waals surface area (Å²) in [5, 5.41) is 0. The molecule has 0 aliphatic carbocycles. The second-order valence-corrected chi connectivity index (χ2v) is 6.67. The number of amides is 2. The van der Waals surface area contributed by atoms with Crippen LogP contribution in [0.4, 0.5) is 5.69 Å². The summed E-state index contributed by atoms with van der Waals surface area (Å²) in [5.74, 6) is 0.333. The molecule has 148 valence electrons. The third kappa shape index (κ3) is 4.36. The van der Waals surface area contributed by atoms with Crippen molar-refractivity contribution < 1.29 is 19.1 Å². The van der Waals surface area contributed by atoms with Crippen LogP contribution in [-0.2, 0) is 4.79 Å². The number of hydrogen-bond donors (Lipinski definition) is 1. The molecule has 1 atom stereocenters. The molecule has 0 saturated carbocycles. The van der Waals surface area contributed by atoms with Crippen molar-refractivity contribution in [1.82, 2.24) is 4.90 Å². The van der Waals surface area contributed by atoms with Gasteiger partial charge in [-0.25, -0.2) is 0 Å². The number of likely N-dealkylation sites (N-methyl/N-ethyl adjacent to an activating group) is 2. The Morgan fingerprint density at radius 2 is 1.93 bits per heavy atom. The van der Waals surface area contributed by atoms with Gasteiger partial charge in [-0.3, -0.25) is 9.59 Å². The van der Waals surface area contributed by atoms with E-state index >= 15 is 0 Å². The highest BCUT2D eigenvalue weighted by atomic mass is 16.5. The number of para-hydroxylation sites is 3. The molecule has 3 rings (SSSR count). The lowest BCUT2D eigenvalue weighted by Crippen LogP contribution is -2.47. The van der Waals surface area contributed by atoms with Gasteiger partial charge < -0.3 is 25.0 Å². The Bertz CT molecular complexity index is 855. The number of hydrogen-bond acceptors (Lipinski definition) is 5. The number of ether oxygens (including phenoxy) is 2. The molecule has 0 spiro atoms. The van der Waals surface area contributed by atoms with Crippen LogP contribution in [-0.4, -0.2) is 56.1 Å². The van der Waals surface area contributed by atoms with Crippen LogP contribution in [0.2, 0.25) is 0 Å². The summed E-state index contributed by atoms with van der Waals surface area (Å²) in [7, 11) is 1.71. The topological polar surface area (TPSA) is 85.1 Å². The Morgan fingerprint density at radius 3 is 2.68 bits per heavy atom. The Kier molecular flexibility index (Phi) is 6.03. The van der Waals surface area contributed by atoms with Crippen molar-refractivity contribution in [1.29, 1.82) is 0 Å². The van der Waals surface area contributed by atoms with Gasteiger partial charge in [-0.15, -0.1) is 0 Å². The molecule has 2 amide bonds. The van der Waals surface area contributed by atoms with Crippen LogP contribution in [0.5, 0.6) is 11.5 Å². The first-order valence-corrected chi connectivity index (χ1v) is 9.25. The van der Waals surface area contributed by atoms with Crippen molar-refractivity contribution in [3.8, 4) is 11.5 Å². The quantitative estimate of drug-likeness (QED) is 0.789. The van der Waals surface area contributed by atoms with E-state index in [0.29, 0.717) is 18.8 Å². The molecule has 7 heteroatoms. The molecule has 0 fully saturated rings. The average Bonchev–Trinajstić information content (AvgIpc) is 2.71. The molecule has 2 aromatic carbocycles. The standard InChI is InChI=1S/C21H25N3O4/c1-3-24-13-15(28-19-11-7-5-9-17(19)24)12-23(2)20(25)14-27-18-10-6-4-8-16(18)21(22)26/h4-11,15H,3,12-14H2,1-2H3,(H2,22,26)/t15-/m1/s1. The van der Waals surface area contributed by atoms with Crippen LogP contribution in [0.3, 0.4) is 0 Å². The molecule has 0 aromatic heterocycles. The fourth-order valence-corrected chi connectivity index (χ4v) is 3.23. The van der Waals surface area contributed by atoms with E-state index in [1.807, 2.05) is 24.3 Å². The van der Waals surface area contributed by atoms with E-state index in [-0.39, 0.29) is 24.2 Å². The van der Waals surface area contributed by atoms with Gasteiger partial charge in [0, 0.05) is 13.6 Å². The fourth-order valence-electron chi connectivity index (χ4n) is 3.23. The van der Waals surface area contributed by atoms with Crippen LogP contribution in [0.25, 0.3) is 0 Å². The third-order valence-electron chi connectivity index (χ3n) is 4.71. The lowest BCUT2D eigenvalue weighted by Gasteiger charge is -2.37. The summed E-state index contributed by atoms with van der Waals surface area (Å²) >= 11 is 0. The number of benzene rings is 2. The van der Waals surface area contributed by atoms with E-state index in [4.69, 9.17) is 15.2 Å². The summed E-state index contributed by atoms with van der Waals surface area (Å²) in [6, 6.07) is 14.5. The minimum atomic E-state index is -0.592. The number of carbonyl (C=O) groups is 2. The molecular weight excluding hydrogens is 358 g/mol. The van der Waals surface area contributed by atoms with Crippen molar-refractivity contribution in [2.75, 3.05) is 38.2 Å². The molecular formula is C21H25N3O4. The van der Waals surface area contributed by atoms with E-state index in [0.717, 1.165) is 18.0 Å².